The smallest absolute Gasteiger partial charge is 0.255 e. The first-order chi connectivity index (χ1) is 5.08. The van der Waals surface area contributed by atoms with Crippen molar-refractivity contribution >= 4 is 10.3 Å². The molecule has 0 aromatic heterocycles. The minimum Gasteiger partial charge on any atom is -0.255 e. The van der Waals surface area contributed by atoms with Crippen molar-refractivity contribution in [3.8, 4) is 0 Å². The summed E-state index contributed by atoms with van der Waals surface area (Å²) in [4.78, 5) is 0. The summed E-state index contributed by atoms with van der Waals surface area (Å²) in [5.74, 6) is 0. The molecule has 0 spiro atoms. The van der Waals surface area contributed by atoms with Gasteiger partial charge in [0.2, 0.25) is 0 Å². The van der Waals surface area contributed by atoms with Crippen LogP contribution in [0.25, 0.3) is 0 Å². The fourth-order valence-electron chi connectivity index (χ4n) is 1.35. The molecule has 1 rings (SSSR count). The molecule has 1 saturated carbocycles. The Hall–Kier alpha value is 0.870. The molecule has 0 unspecified atom stereocenters. The predicted octanol–water partition coefficient (Wildman–Crippen LogP) is -2.46. The minimum atomic E-state index is -3.72. The summed E-state index contributed by atoms with van der Waals surface area (Å²) < 4.78 is 25.5. The zero-order chi connectivity index (χ0) is 8.32. The van der Waals surface area contributed by atoms with E-state index in [1.54, 1.807) is 0 Å². The van der Waals surface area contributed by atoms with Crippen LogP contribution in [0.3, 0.4) is 0 Å². The maximum absolute atomic E-state index is 10.5. The second kappa shape index (κ2) is 5.57. The molecule has 0 amide bonds. The molecule has 4 nitrogen and oxygen atoms in total. The number of nitrogens with two attached hydrogens (primary N) is 1. The van der Waals surface area contributed by atoms with Gasteiger partial charge in [0.25, 0.3) is 0 Å². The van der Waals surface area contributed by atoms with Crippen LogP contribution in [0, 0.1) is 0 Å². The van der Waals surface area contributed by atoms with Crippen molar-refractivity contribution in [2.75, 3.05) is 0 Å². The Labute approximate surface area is 95.4 Å². The maximum Gasteiger partial charge on any atom is 1.00 e. The molecular formula is C6H13NNaO3S+. The summed E-state index contributed by atoms with van der Waals surface area (Å²) >= 11 is 0. The van der Waals surface area contributed by atoms with Crippen LogP contribution in [0.2, 0.25) is 0 Å². The first-order valence-corrected chi connectivity index (χ1v) is 5.26. The van der Waals surface area contributed by atoms with E-state index in [2.05, 4.69) is 4.18 Å². The number of hydrogen-bond donors (Lipinski definition) is 1. The van der Waals surface area contributed by atoms with E-state index >= 15 is 0 Å². The van der Waals surface area contributed by atoms with Gasteiger partial charge in [0.15, 0.2) is 0 Å². The van der Waals surface area contributed by atoms with E-state index in [0.717, 1.165) is 25.7 Å². The van der Waals surface area contributed by atoms with E-state index in [9.17, 15) is 8.42 Å². The normalized spacial score (nSPS) is 20.1. The molecule has 2 N–H and O–H groups in total. The molecule has 0 atom stereocenters. The van der Waals surface area contributed by atoms with E-state index in [0.29, 0.717) is 0 Å². The Bertz CT molecular complexity index is 211. The number of hydrogen-bond acceptors (Lipinski definition) is 3. The van der Waals surface area contributed by atoms with Crippen molar-refractivity contribution in [3.63, 3.8) is 0 Å². The monoisotopic (exact) mass is 202 g/mol. The molecule has 0 saturated heterocycles. The molecule has 66 valence electrons. The van der Waals surface area contributed by atoms with E-state index in [4.69, 9.17) is 5.14 Å². The quantitative estimate of drug-likeness (QED) is 0.505. The summed E-state index contributed by atoms with van der Waals surface area (Å²) in [6.07, 6.45) is 4.72. The number of rotatable bonds is 2. The van der Waals surface area contributed by atoms with Crippen LogP contribution in [0.4, 0.5) is 0 Å². The molecular weight excluding hydrogens is 189 g/mol. The van der Waals surface area contributed by atoms with Gasteiger partial charge in [-0.15, -0.1) is 0 Å². The third kappa shape index (κ3) is 5.50. The molecule has 12 heavy (non-hydrogen) atoms. The molecule has 0 bridgehead atoms. The Morgan fingerprint density at radius 1 is 1.17 bits per heavy atom. The van der Waals surface area contributed by atoms with Gasteiger partial charge in [-0.3, -0.25) is 4.18 Å². The molecule has 1 aliphatic rings. The Kier molecular flexibility index (Phi) is 5.97. The van der Waals surface area contributed by atoms with Crippen molar-refractivity contribution in [1.82, 2.24) is 0 Å². The summed E-state index contributed by atoms with van der Waals surface area (Å²) in [5.41, 5.74) is 0. The zero-order valence-electron chi connectivity index (χ0n) is 7.32. The van der Waals surface area contributed by atoms with Crippen molar-refractivity contribution in [2.45, 2.75) is 38.2 Å². The van der Waals surface area contributed by atoms with E-state index in [-0.39, 0.29) is 35.7 Å². The van der Waals surface area contributed by atoms with Crippen LogP contribution >= 0.6 is 0 Å². The van der Waals surface area contributed by atoms with Gasteiger partial charge in [-0.1, -0.05) is 19.3 Å². The van der Waals surface area contributed by atoms with Crippen LogP contribution < -0.4 is 34.7 Å². The second-order valence-electron chi connectivity index (χ2n) is 2.85. The first kappa shape index (κ1) is 12.9. The van der Waals surface area contributed by atoms with Gasteiger partial charge in [-0.05, 0) is 12.8 Å². The van der Waals surface area contributed by atoms with Gasteiger partial charge in [0.1, 0.15) is 0 Å². The van der Waals surface area contributed by atoms with Crippen LogP contribution in [0.5, 0.6) is 0 Å². The summed E-state index contributed by atoms with van der Waals surface area (Å²) in [6, 6.07) is 0. The van der Waals surface area contributed by atoms with Gasteiger partial charge in [-0.25, -0.2) is 5.14 Å². The fraction of sp³-hybridized carbons (Fsp3) is 1.00. The second-order valence-corrected chi connectivity index (χ2v) is 4.03. The van der Waals surface area contributed by atoms with Crippen molar-refractivity contribution in [3.05, 3.63) is 0 Å². The summed E-state index contributed by atoms with van der Waals surface area (Å²) in [6.45, 7) is 0. The van der Waals surface area contributed by atoms with Gasteiger partial charge < -0.3 is 0 Å². The Morgan fingerprint density at radius 3 is 2.08 bits per heavy atom. The fourth-order valence-corrected chi connectivity index (χ4v) is 1.92. The summed E-state index contributed by atoms with van der Waals surface area (Å²) in [7, 11) is -3.72. The molecule has 6 heteroatoms. The van der Waals surface area contributed by atoms with E-state index < -0.39 is 10.3 Å². The molecule has 0 heterocycles. The van der Waals surface area contributed by atoms with Gasteiger partial charge in [0.05, 0.1) is 6.10 Å². The third-order valence-corrected chi connectivity index (χ3v) is 2.36. The third-order valence-electron chi connectivity index (χ3n) is 1.82. The van der Waals surface area contributed by atoms with Crippen molar-refractivity contribution in [1.29, 1.82) is 0 Å². The molecule has 1 fully saturated rings. The van der Waals surface area contributed by atoms with Crippen molar-refractivity contribution < 1.29 is 42.2 Å². The zero-order valence-corrected chi connectivity index (χ0v) is 10.1. The largest absolute Gasteiger partial charge is 1.00 e. The Morgan fingerprint density at radius 2 is 1.67 bits per heavy atom. The van der Waals surface area contributed by atoms with E-state index in [1.165, 1.54) is 6.42 Å². The van der Waals surface area contributed by atoms with E-state index in [1.807, 2.05) is 0 Å². The molecule has 0 aliphatic heterocycles. The SMILES string of the molecule is NS(=O)(=O)OC1CCCCC1.[Na+]. The Balaban J connectivity index is 0.00000121. The van der Waals surface area contributed by atoms with Gasteiger partial charge in [-0.2, -0.15) is 8.42 Å². The van der Waals surface area contributed by atoms with Crippen LogP contribution in [-0.4, -0.2) is 14.5 Å². The molecule has 1 aliphatic carbocycles. The van der Waals surface area contributed by atoms with Crippen molar-refractivity contribution in [2.24, 2.45) is 5.14 Å². The summed E-state index contributed by atoms with van der Waals surface area (Å²) in [5, 5.41) is 4.72. The minimum absolute atomic E-state index is 0. The molecule has 0 radical (unpaired) electrons. The van der Waals surface area contributed by atoms with Crippen LogP contribution in [0.15, 0.2) is 0 Å². The average Bonchev–Trinajstić information content (AvgIpc) is 1.85. The average molecular weight is 202 g/mol. The van der Waals surface area contributed by atoms with Gasteiger partial charge in [0, 0.05) is 0 Å². The first-order valence-electron chi connectivity index (χ1n) is 3.79. The standard InChI is InChI=1S/C6H13NO3S.Na/c7-11(8,9)10-6-4-2-1-3-5-6;/h6H,1-5H2,(H2,7,8,9);/q;+1. The van der Waals surface area contributed by atoms with Gasteiger partial charge >= 0.3 is 39.9 Å². The molecule has 0 aromatic rings. The topological polar surface area (TPSA) is 69.4 Å². The predicted molar refractivity (Wildman–Crippen MR) is 41.1 cm³/mol. The maximum atomic E-state index is 10.5. The van der Waals surface area contributed by atoms with Crippen LogP contribution in [0.1, 0.15) is 32.1 Å². The molecule has 0 aromatic carbocycles. The van der Waals surface area contributed by atoms with Crippen LogP contribution in [-0.2, 0) is 14.5 Å².